The normalized spacial score (nSPS) is 18.2. The molecule has 33 heavy (non-hydrogen) atoms. The topological polar surface area (TPSA) is 95.9 Å². The van der Waals surface area contributed by atoms with Crippen molar-refractivity contribution in [3.63, 3.8) is 0 Å². The standard InChI is InChI=1S/C26H30N2O5/c1-17(13-24(29)28-12-6-7-18(15-28)25(30)31)14-27-26(32)33-16-23-21-10-4-2-8-19(21)20-9-3-5-11-22(20)23/h2-5,8-11,17-18,23H,6-7,12-16H2,1H3,(H,27,32)(H,30,31)/t17?,18-/m1/s1. The molecule has 7 nitrogen and oxygen atoms in total. The number of nitrogens with zero attached hydrogens (tertiary/aromatic N) is 1. The highest BCUT2D eigenvalue weighted by Gasteiger charge is 2.30. The molecule has 2 N–H and O–H groups in total. The number of rotatable bonds is 7. The second-order valence-electron chi connectivity index (χ2n) is 9.03. The summed E-state index contributed by atoms with van der Waals surface area (Å²) in [7, 11) is 0. The van der Waals surface area contributed by atoms with Crippen molar-refractivity contribution in [2.24, 2.45) is 11.8 Å². The monoisotopic (exact) mass is 450 g/mol. The van der Waals surface area contributed by atoms with Gasteiger partial charge in [-0.3, -0.25) is 9.59 Å². The molecule has 4 rings (SSSR count). The van der Waals surface area contributed by atoms with E-state index in [0.29, 0.717) is 25.9 Å². The Bertz CT molecular complexity index is 991. The van der Waals surface area contributed by atoms with Crippen molar-refractivity contribution in [1.82, 2.24) is 10.2 Å². The van der Waals surface area contributed by atoms with Crippen LogP contribution in [0.15, 0.2) is 48.5 Å². The van der Waals surface area contributed by atoms with Gasteiger partial charge >= 0.3 is 12.1 Å². The Morgan fingerprint density at radius 3 is 2.36 bits per heavy atom. The fourth-order valence-corrected chi connectivity index (χ4v) is 4.81. The van der Waals surface area contributed by atoms with E-state index in [4.69, 9.17) is 4.74 Å². The number of amides is 2. The van der Waals surface area contributed by atoms with Gasteiger partial charge in [-0.2, -0.15) is 0 Å². The van der Waals surface area contributed by atoms with Gasteiger partial charge in [0.05, 0.1) is 5.92 Å². The third kappa shape index (κ3) is 5.18. The van der Waals surface area contributed by atoms with Gasteiger partial charge in [0.1, 0.15) is 6.61 Å². The van der Waals surface area contributed by atoms with Gasteiger partial charge in [0, 0.05) is 32.0 Å². The largest absolute Gasteiger partial charge is 0.481 e. The van der Waals surface area contributed by atoms with Gasteiger partial charge < -0.3 is 20.1 Å². The highest BCUT2D eigenvalue weighted by molar-refractivity contribution is 5.79. The number of likely N-dealkylation sites (tertiary alicyclic amines) is 1. The van der Waals surface area contributed by atoms with Crippen LogP contribution in [0.3, 0.4) is 0 Å². The van der Waals surface area contributed by atoms with Crippen LogP contribution in [0.25, 0.3) is 11.1 Å². The van der Waals surface area contributed by atoms with E-state index in [9.17, 15) is 19.5 Å². The summed E-state index contributed by atoms with van der Waals surface area (Å²) >= 11 is 0. The maximum Gasteiger partial charge on any atom is 0.407 e. The van der Waals surface area contributed by atoms with E-state index in [0.717, 1.165) is 11.1 Å². The van der Waals surface area contributed by atoms with Crippen molar-refractivity contribution in [2.75, 3.05) is 26.2 Å². The number of benzene rings is 2. The first-order chi connectivity index (χ1) is 15.9. The summed E-state index contributed by atoms with van der Waals surface area (Å²) in [6.45, 7) is 3.31. The molecule has 1 heterocycles. The fraction of sp³-hybridized carbons (Fsp3) is 0.423. The van der Waals surface area contributed by atoms with E-state index in [1.54, 1.807) is 4.90 Å². The van der Waals surface area contributed by atoms with Crippen molar-refractivity contribution in [2.45, 2.75) is 32.1 Å². The number of ether oxygens (including phenoxy) is 1. The Morgan fingerprint density at radius 1 is 1.09 bits per heavy atom. The molecule has 1 fully saturated rings. The number of carbonyl (C=O) groups excluding carboxylic acids is 2. The lowest BCUT2D eigenvalue weighted by Gasteiger charge is -2.31. The van der Waals surface area contributed by atoms with Crippen molar-refractivity contribution >= 4 is 18.0 Å². The van der Waals surface area contributed by atoms with Crippen LogP contribution in [-0.4, -0.2) is 54.2 Å². The number of carboxylic acid groups (broad SMARTS) is 1. The smallest absolute Gasteiger partial charge is 0.407 e. The van der Waals surface area contributed by atoms with Crippen LogP contribution < -0.4 is 5.32 Å². The molecule has 0 bridgehead atoms. The molecule has 2 atom stereocenters. The van der Waals surface area contributed by atoms with Gasteiger partial charge in [-0.05, 0) is 41.0 Å². The average molecular weight is 451 g/mol. The van der Waals surface area contributed by atoms with E-state index in [2.05, 4.69) is 29.6 Å². The van der Waals surface area contributed by atoms with Crippen molar-refractivity contribution < 1.29 is 24.2 Å². The minimum absolute atomic E-state index is 0.00318. The summed E-state index contributed by atoms with van der Waals surface area (Å²) < 4.78 is 5.54. The molecule has 0 spiro atoms. The van der Waals surface area contributed by atoms with Crippen LogP contribution in [0.5, 0.6) is 0 Å². The number of fused-ring (bicyclic) bond motifs is 3. The molecule has 1 aliphatic heterocycles. The molecule has 2 amide bonds. The third-order valence-electron chi connectivity index (χ3n) is 6.58. The molecule has 1 aliphatic carbocycles. The maximum absolute atomic E-state index is 12.5. The molecule has 0 radical (unpaired) electrons. The van der Waals surface area contributed by atoms with Crippen LogP contribution >= 0.6 is 0 Å². The second-order valence-corrected chi connectivity index (χ2v) is 9.03. The van der Waals surface area contributed by atoms with Crippen LogP contribution in [0.2, 0.25) is 0 Å². The minimum Gasteiger partial charge on any atom is -0.481 e. The number of carboxylic acids is 1. The second kappa shape index (κ2) is 10.1. The van der Waals surface area contributed by atoms with Gasteiger partial charge in [-0.1, -0.05) is 55.5 Å². The third-order valence-corrected chi connectivity index (χ3v) is 6.58. The molecule has 0 saturated carbocycles. The summed E-state index contributed by atoms with van der Waals surface area (Å²) in [4.78, 5) is 37.7. The maximum atomic E-state index is 12.5. The summed E-state index contributed by atoms with van der Waals surface area (Å²) in [6, 6.07) is 16.4. The summed E-state index contributed by atoms with van der Waals surface area (Å²) in [6.07, 6.45) is 1.07. The fourth-order valence-electron chi connectivity index (χ4n) is 4.81. The Labute approximate surface area is 193 Å². The summed E-state index contributed by atoms with van der Waals surface area (Å²) in [5, 5.41) is 12.0. The first-order valence-electron chi connectivity index (χ1n) is 11.5. The first kappa shape index (κ1) is 22.8. The van der Waals surface area contributed by atoms with Crippen LogP contribution in [0, 0.1) is 11.8 Å². The molecule has 1 unspecified atom stereocenters. The lowest BCUT2D eigenvalue weighted by molar-refractivity contribution is -0.145. The van der Waals surface area contributed by atoms with Crippen LogP contribution in [0.1, 0.15) is 43.2 Å². The lowest BCUT2D eigenvalue weighted by Crippen LogP contribution is -2.43. The number of hydrogen-bond acceptors (Lipinski definition) is 4. The summed E-state index contributed by atoms with van der Waals surface area (Å²) in [5.41, 5.74) is 4.67. The molecule has 0 aromatic heterocycles. The van der Waals surface area contributed by atoms with Gasteiger partial charge in [-0.25, -0.2) is 4.79 Å². The van der Waals surface area contributed by atoms with E-state index in [-0.39, 0.29) is 37.3 Å². The Hall–Kier alpha value is -3.35. The zero-order valence-electron chi connectivity index (χ0n) is 18.8. The Morgan fingerprint density at radius 2 is 1.73 bits per heavy atom. The Kier molecular flexibility index (Phi) is 6.96. The van der Waals surface area contributed by atoms with Crippen molar-refractivity contribution in [3.05, 3.63) is 59.7 Å². The predicted molar refractivity (Wildman–Crippen MR) is 124 cm³/mol. The van der Waals surface area contributed by atoms with Gasteiger partial charge in [0.15, 0.2) is 0 Å². The number of carbonyl (C=O) groups is 3. The number of alkyl carbamates (subject to hydrolysis) is 1. The van der Waals surface area contributed by atoms with E-state index in [1.807, 2.05) is 31.2 Å². The zero-order chi connectivity index (χ0) is 23.4. The molecule has 2 aliphatic rings. The number of piperidine rings is 1. The van der Waals surface area contributed by atoms with Crippen LogP contribution in [0.4, 0.5) is 4.79 Å². The zero-order valence-corrected chi connectivity index (χ0v) is 18.8. The highest BCUT2D eigenvalue weighted by Crippen LogP contribution is 2.44. The average Bonchev–Trinajstić information content (AvgIpc) is 3.15. The van der Waals surface area contributed by atoms with E-state index >= 15 is 0 Å². The molecule has 174 valence electrons. The van der Waals surface area contributed by atoms with E-state index in [1.165, 1.54) is 11.1 Å². The molecule has 1 saturated heterocycles. The van der Waals surface area contributed by atoms with Gasteiger partial charge in [0.2, 0.25) is 5.91 Å². The Balaban J connectivity index is 1.25. The first-order valence-corrected chi connectivity index (χ1v) is 11.5. The molecule has 2 aromatic carbocycles. The number of nitrogens with one attached hydrogen (secondary N) is 1. The molecular weight excluding hydrogens is 420 g/mol. The molecule has 2 aromatic rings. The quantitative estimate of drug-likeness (QED) is 0.668. The van der Waals surface area contributed by atoms with Crippen molar-refractivity contribution in [1.29, 1.82) is 0 Å². The number of aliphatic carboxylic acids is 1. The summed E-state index contributed by atoms with van der Waals surface area (Å²) in [5.74, 6) is -1.48. The van der Waals surface area contributed by atoms with Gasteiger partial charge in [0.25, 0.3) is 0 Å². The van der Waals surface area contributed by atoms with Crippen LogP contribution in [-0.2, 0) is 14.3 Å². The minimum atomic E-state index is -0.850. The molecule has 7 heteroatoms. The van der Waals surface area contributed by atoms with E-state index < -0.39 is 18.0 Å². The lowest BCUT2D eigenvalue weighted by atomic mass is 9.97. The predicted octanol–water partition coefficient (Wildman–Crippen LogP) is 3.87. The van der Waals surface area contributed by atoms with Gasteiger partial charge in [-0.15, -0.1) is 0 Å². The number of hydrogen-bond donors (Lipinski definition) is 2. The van der Waals surface area contributed by atoms with Crippen molar-refractivity contribution in [3.8, 4) is 11.1 Å². The SMILES string of the molecule is CC(CNC(=O)OCC1c2ccccc2-c2ccccc21)CC(=O)N1CCC[C@@H](C(=O)O)C1. The molecular formula is C26H30N2O5. The highest BCUT2D eigenvalue weighted by atomic mass is 16.5.